The second-order valence-electron chi connectivity index (χ2n) is 4.32. The molecule has 3 rings (SSSR count). The Balaban J connectivity index is 1.82. The Labute approximate surface area is 116 Å². The lowest BCUT2D eigenvalue weighted by atomic mass is 10.2. The topological polar surface area (TPSA) is 42.2 Å². The largest absolute Gasteiger partial charge is 0.379 e. The van der Waals surface area contributed by atoms with Gasteiger partial charge in [-0.15, -0.1) is 0 Å². The molecule has 3 heterocycles. The molecule has 5 heteroatoms. The van der Waals surface area contributed by atoms with Gasteiger partial charge in [-0.3, -0.25) is 0 Å². The molecule has 0 aliphatic heterocycles. The molecule has 3 aromatic rings. The first-order valence-electron chi connectivity index (χ1n) is 6.02. The van der Waals surface area contributed by atoms with Gasteiger partial charge in [-0.2, -0.15) is 5.10 Å². The van der Waals surface area contributed by atoms with Crippen molar-refractivity contribution in [3.05, 3.63) is 59.1 Å². The van der Waals surface area contributed by atoms with Crippen molar-refractivity contribution >= 4 is 22.8 Å². The highest BCUT2D eigenvalue weighted by Crippen LogP contribution is 2.18. The molecule has 1 N–H and O–H groups in total. The molecular formula is C14H13ClN4. The highest BCUT2D eigenvalue weighted by atomic mass is 35.5. The van der Waals surface area contributed by atoms with E-state index in [4.69, 9.17) is 11.6 Å². The predicted octanol–water partition coefficient (Wildman–Crippen LogP) is 3.30. The van der Waals surface area contributed by atoms with Crippen LogP contribution in [-0.2, 0) is 6.54 Å². The van der Waals surface area contributed by atoms with Gasteiger partial charge in [0.15, 0.2) is 0 Å². The highest BCUT2D eigenvalue weighted by molar-refractivity contribution is 6.29. The number of nitrogens with one attached hydrogen (secondary N) is 1. The van der Waals surface area contributed by atoms with Gasteiger partial charge in [-0.25, -0.2) is 9.50 Å². The molecule has 0 spiro atoms. The summed E-state index contributed by atoms with van der Waals surface area (Å²) in [7, 11) is 0. The molecule has 0 aliphatic carbocycles. The van der Waals surface area contributed by atoms with Gasteiger partial charge in [0.2, 0.25) is 0 Å². The third-order valence-corrected chi connectivity index (χ3v) is 3.24. The standard InChI is InChI=1S/C14H13ClN4/c1-10-12(5-6-14(15)18-10)16-8-11-9-17-19-7-3-2-4-13(11)19/h2-7,9,16H,8H2,1H3. The van der Waals surface area contributed by atoms with E-state index in [0.717, 1.165) is 22.5 Å². The number of nitrogens with zero attached hydrogens (tertiary/aromatic N) is 3. The molecule has 0 fully saturated rings. The smallest absolute Gasteiger partial charge is 0.129 e. The first-order valence-corrected chi connectivity index (χ1v) is 6.40. The van der Waals surface area contributed by atoms with E-state index in [1.165, 1.54) is 0 Å². The fourth-order valence-corrected chi connectivity index (χ4v) is 2.22. The zero-order chi connectivity index (χ0) is 13.2. The van der Waals surface area contributed by atoms with E-state index in [2.05, 4.69) is 21.5 Å². The van der Waals surface area contributed by atoms with Gasteiger partial charge in [0.1, 0.15) is 5.15 Å². The van der Waals surface area contributed by atoms with Gasteiger partial charge in [-0.05, 0) is 31.2 Å². The van der Waals surface area contributed by atoms with Gasteiger partial charge in [-0.1, -0.05) is 17.7 Å². The summed E-state index contributed by atoms with van der Waals surface area (Å²) in [6.45, 7) is 2.64. The van der Waals surface area contributed by atoms with Crippen molar-refractivity contribution in [3.8, 4) is 0 Å². The molecule has 0 bridgehead atoms. The number of hydrogen-bond donors (Lipinski definition) is 1. The number of aromatic nitrogens is 3. The molecule has 0 atom stereocenters. The van der Waals surface area contributed by atoms with Gasteiger partial charge < -0.3 is 5.32 Å². The molecule has 0 unspecified atom stereocenters. The normalized spacial score (nSPS) is 10.8. The summed E-state index contributed by atoms with van der Waals surface area (Å²) in [5.74, 6) is 0. The third-order valence-electron chi connectivity index (χ3n) is 3.03. The van der Waals surface area contributed by atoms with Crippen LogP contribution in [0.3, 0.4) is 0 Å². The Kier molecular flexibility index (Phi) is 3.09. The van der Waals surface area contributed by atoms with Crippen LogP contribution in [0.5, 0.6) is 0 Å². The first-order chi connectivity index (χ1) is 9.24. The number of fused-ring (bicyclic) bond motifs is 1. The molecule has 0 aromatic carbocycles. The molecule has 0 saturated carbocycles. The van der Waals surface area contributed by atoms with E-state index in [0.29, 0.717) is 11.7 Å². The molecule has 0 aliphatic rings. The number of rotatable bonds is 3. The van der Waals surface area contributed by atoms with Crippen LogP contribution in [0.2, 0.25) is 5.15 Å². The molecule has 19 heavy (non-hydrogen) atoms. The van der Waals surface area contributed by atoms with Crippen molar-refractivity contribution in [2.24, 2.45) is 0 Å². The summed E-state index contributed by atoms with van der Waals surface area (Å²) in [5, 5.41) is 8.18. The maximum atomic E-state index is 5.84. The number of hydrogen-bond acceptors (Lipinski definition) is 3. The highest BCUT2D eigenvalue weighted by Gasteiger charge is 2.04. The lowest BCUT2D eigenvalue weighted by molar-refractivity contribution is 0.961. The van der Waals surface area contributed by atoms with Gasteiger partial charge in [0, 0.05) is 18.3 Å². The summed E-state index contributed by atoms with van der Waals surface area (Å²) >= 11 is 5.84. The molecule has 3 aromatic heterocycles. The second-order valence-corrected chi connectivity index (χ2v) is 4.71. The zero-order valence-electron chi connectivity index (χ0n) is 10.5. The quantitative estimate of drug-likeness (QED) is 0.744. The zero-order valence-corrected chi connectivity index (χ0v) is 11.2. The Morgan fingerprint density at radius 2 is 2.16 bits per heavy atom. The second kappa shape index (κ2) is 4.90. The van der Waals surface area contributed by atoms with Gasteiger partial charge in [0.25, 0.3) is 0 Å². The van der Waals surface area contributed by atoms with E-state index in [-0.39, 0.29) is 0 Å². The first kappa shape index (κ1) is 12.0. The SMILES string of the molecule is Cc1nc(Cl)ccc1NCc1cnn2ccccc12. The van der Waals surface area contributed by atoms with Gasteiger partial charge >= 0.3 is 0 Å². The summed E-state index contributed by atoms with van der Waals surface area (Å²) in [6, 6.07) is 9.75. The summed E-state index contributed by atoms with van der Waals surface area (Å²) < 4.78 is 1.87. The third kappa shape index (κ3) is 2.39. The van der Waals surface area contributed by atoms with Crippen LogP contribution in [0, 0.1) is 6.92 Å². The average molecular weight is 273 g/mol. The van der Waals surface area contributed by atoms with Crippen LogP contribution in [0.1, 0.15) is 11.3 Å². The van der Waals surface area contributed by atoms with Crippen molar-refractivity contribution < 1.29 is 0 Å². The Hall–Kier alpha value is -2.07. The summed E-state index contributed by atoms with van der Waals surface area (Å²) in [6.07, 6.45) is 3.81. The molecule has 4 nitrogen and oxygen atoms in total. The van der Waals surface area contributed by atoms with Crippen LogP contribution >= 0.6 is 11.6 Å². The maximum Gasteiger partial charge on any atom is 0.129 e. The van der Waals surface area contributed by atoms with Crippen molar-refractivity contribution in [2.75, 3.05) is 5.32 Å². The minimum Gasteiger partial charge on any atom is -0.379 e. The lowest BCUT2D eigenvalue weighted by Crippen LogP contribution is -2.01. The summed E-state index contributed by atoms with van der Waals surface area (Å²) in [5.41, 5.74) is 4.13. The fraction of sp³-hybridized carbons (Fsp3) is 0.143. The Morgan fingerprint density at radius 3 is 3.00 bits per heavy atom. The number of aryl methyl sites for hydroxylation is 1. The number of anilines is 1. The number of pyridine rings is 2. The predicted molar refractivity (Wildman–Crippen MR) is 76.5 cm³/mol. The molecular weight excluding hydrogens is 260 g/mol. The van der Waals surface area contributed by atoms with E-state index in [9.17, 15) is 0 Å². The Bertz CT molecular complexity index is 720. The fourth-order valence-electron chi connectivity index (χ4n) is 2.03. The van der Waals surface area contributed by atoms with Crippen LogP contribution in [0.15, 0.2) is 42.7 Å². The van der Waals surface area contributed by atoms with Crippen LogP contribution in [-0.4, -0.2) is 14.6 Å². The number of halogens is 1. The summed E-state index contributed by atoms with van der Waals surface area (Å²) in [4.78, 5) is 4.22. The van der Waals surface area contributed by atoms with E-state index in [1.54, 1.807) is 6.07 Å². The average Bonchev–Trinajstić information content (AvgIpc) is 2.81. The van der Waals surface area contributed by atoms with Gasteiger partial charge in [0.05, 0.1) is 23.1 Å². The minimum atomic E-state index is 0.513. The van der Waals surface area contributed by atoms with E-state index < -0.39 is 0 Å². The maximum absolute atomic E-state index is 5.84. The van der Waals surface area contributed by atoms with E-state index in [1.807, 2.05) is 42.0 Å². The molecule has 0 saturated heterocycles. The van der Waals surface area contributed by atoms with Crippen LogP contribution in [0.4, 0.5) is 5.69 Å². The van der Waals surface area contributed by atoms with Crippen molar-refractivity contribution in [1.29, 1.82) is 0 Å². The van der Waals surface area contributed by atoms with Crippen molar-refractivity contribution in [2.45, 2.75) is 13.5 Å². The van der Waals surface area contributed by atoms with E-state index >= 15 is 0 Å². The molecule has 0 amide bonds. The monoisotopic (exact) mass is 272 g/mol. The Morgan fingerprint density at radius 1 is 1.26 bits per heavy atom. The van der Waals surface area contributed by atoms with Crippen molar-refractivity contribution in [3.63, 3.8) is 0 Å². The lowest BCUT2D eigenvalue weighted by Gasteiger charge is -2.08. The molecule has 96 valence electrons. The van der Waals surface area contributed by atoms with Crippen molar-refractivity contribution in [1.82, 2.24) is 14.6 Å². The van der Waals surface area contributed by atoms with Crippen LogP contribution < -0.4 is 5.32 Å². The minimum absolute atomic E-state index is 0.513. The van der Waals surface area contributed by atoms with Crippen LogP contribution in [0.25, 0.3) is 5.52 Å². The molecule has 0 radical (unpaired) electrons.